The van der Waals surface area contributed by atoms with Gasteiger partial charge in [0.25, 0.3) is 0 Å². The van der Waals surface area contributed by atoms with E-state index in [0.29, 0.717) is 6.42 Å². The van der Waals surface area contributed by atoms with Gasteiger partial charge in [-0.1, -0.05) is 6.92 Å². The molecule has 0 aliphatic heterocycles. The molecule has 1 atom stereocenters. The highest BCUT2D eigenvalue weighted by Crippen LogP contribution is 2.11. The Hall–Kier alpha value is -0.690. The van der Waals surface area contributed by atoms with Crippen LogP contribution in [0.25, 0.3) is 0 Å². The SMILES string of the molecule is CCC(SC#N)C(=O)O. The molecule has 1 unspecified atom stereocenters. The molecule has 9 heavy (non-hydrogen) atoms. The van der Waals surface area contributed by atoms with Crippen molar-refractivity contribution >= 4 is 17.7 Å². The normalized spacial score (nSPS) is 12.0. The van der Waals surface area contributed by atoms with Gasteiger partial charge in [-0.2, -0.15) is 5.26 Å². The van der Waals surface area contributed by atoms with E-state index in [0.717, 1.165) is 11.8 Å². The van der Waals surface area contributed by atoms with Crippen molar-refractivity contribution in [1.82, 2.24) is 0 Å². The summed E-state index contributed by atoms with van der Waals surface area (Å²) in [7, 11) is 0. The van der Waals surface area contributed by atoms with Gasteiger partial charge in [0.1, 0.15) is 10.7 Å². The van der Waals surface area contributed by atoms with Gasteiger partial charge in [0.15, 0.2) is 0 Å². The number of aliphatic carboxylic acids is 1. The molecule has 0 heterocycles. The first-order valence-electron chi connectivity index (χ1n) is 2.50. The predicted molar refractivity (Wildman–Crippen MR) is 34.9 cm³/mol. The molecule has 4 heteroatoms. The zero-order valence-corrected chi connectivity index (χ0v) is 5.81. The second kappa shape index (κ2) is 4.21. The Labute approximate surface area is 57.7 Å². The number of carboxylic acid groups (broad SMARTS) is 1. The van der Waals surface area contributed by atoms with Gasteiger partial charge in [0.2, 0.25) is 0 Å². The molecule has 0 aliphatic rings. The van der Waals surface area contributed by atoms with E-state index in [-0.39, 0.29) is 0 Å². The van der Waals surface area contributed by atoms with Crippen molar-refractivity contribution in [2.75, 3.05) is 0 Å². The van der Waals surface area contributed by atoms with E-state index in [2.05, 4.69) is 0 Å². The smallest absolute Gasteiger partial charge is 0.317 e. The van der Waals surface area contributed by atoms with E-state index in [1.165, 1.54) is 0 Å². The van der Waals surface area contributed by atoms with E-state index >= 15 is 0 Å². The maximum absolute atomic E-state index is 10.1. The fourth-order valence-corrected chi connectivity index (χ4v) is 0.767. The van der Waals surface area contributed by atoms with Crippen LogP contribution in [0.2, 0.25) is 0 Å². The molecule has 0 rings (SSSR count). The monoisotopic (exact) mass is 145 g/mol. The highest BCUT2D eigenvalue weighted by molar-refractivity contribution is 8.04. The summed E-state index contributed by atoms with van der Waals surface area (Å²) in [6.45, 7) is 1.74. The molecule has 0 saturated heterocycles. The molecule has 0 saturated carbocycles. The average Bonchev–Trinajstić information content (AvgIpc) is 1.82. The molecular weight excluding hydrogens is 138 g/mol. The van der Waals surface area contributed by atoms with Crippen LogP contribution in [-0.4, -0.2) is 16.3 Å². The highest BCUT2D eigenvalue weighted by atomic mass is 32.2. The largest absolute Gasteiger partial charge is 0.480 e. The van der Waals surface area contributed by atoms with E-state index in [1.807, 2.05) is 0 Å². The van der Waals surface area contributed by atoms with Gasteiger partial charge in [-0.3, -0.25) is 4.79 Å². The lowest BCUT2D eigenvalue weighted by Crippen LogP contribution is -2.13. The van der Waals surface area contributed by atoms with E-state index in [9.17, 15) is 4.79 Å². The third-order valence-corrected chi connectivity index (χ3v) is 1.77. The van der Waals surface area contributed by atoms with Gasteiger partial charge in [-0.25, -0.2) is 0 Å². The Morgan fingerprint density at radius 1 is 2.00 bits per heavy atom. The molecule has 0 aromatic carbocycles. The molecule has 0 amide bonds. The van der Waals surface area contributed by atoms with E-state index in [1.54, 1.807) is 12.3 Å². The number of hydrogen-bond donors (Lipinski definition) is 1. The second-order valence-electron chi connectivity index (χ2n) is 1.44. The lowest BCUT2D eigenvalue weighted by molar-refractivity contribution is -0.136. The van der Waals surface area contributed by atoms with Crippen LogP contribution in [0.15, 0.2) is 0 Å². The molecular formula is C5H7NO2S. The minimum absolute atomic E-state index is 0.494. The molecule has 1 N–H and O–H groups in total. The van der Waals surface area contributed by atoms with Crippen molar-refractivity contribution < 1.29 is 9.90 Å². The summed E-state index contributed by atoms with van der Waals surface area (Å²) >= 11 is 0.791. The molecule has 0 aromatic rings. The van der Waals surface area contributed by atoms with Crippen molar-refractivity contribution in [2.45, 2.75) is 18.6 Å². The van der Waals surface area contributed by atoms with Gasteiger partial charge in [0, 0.05) is 0 Å². The molecule has 0 fully saturated rings. The summed E-state index contributed by atoms with van der Waals surface area (Å²) in [6, 6.07) is 0. The van der Waals surface area contributed by atoms with Crippen LogP contribution in [0.5, 0.6) is 0 Å². The molecule has 0 aliphatic carbocycles. The van der Waals surface area contributed by atoms with Crippen LogP contribution in [0.3, 0.4) is 0 Å². The van der Waals surface area contributed by atoms with Gasteiger partial charge in [-0.05, 0) is 18.2 Å². The van der Waals surface area contributed by atoms with Crippen molar-refractivity contribution in [1.29, 1.82) is 5.26 Å². The topological polar surface area (TPSA) is 61.1 Å². The Balaban J connectivity index is 3.71. The Morgan fingerprint density at radius 3 is 2.67 bits per heavy atom. The van der Waals surface area contributed by atoms with Gasteiger partial charge >= 0.3 is 5.97 Å². The first-order valence-corrected chi connectivity index (χ1v) is 3.37. The fourth-order valence-electron chi connectivity index (χ4n) is 0.372. The first-order chi connectivity index (χ1) is 4.22. The summed E-state index contributed by atoms with van der Waals surface area (Å²) in [5, 5.41) is 17.6. The van der Waals surface area contributed by atoms with Gasteiger partial charge in [0.05, 0.1) is 0 Å². The lowest BCUT2D eigenvalue weighted by atomic mass is 10.3. The maximum Gasteiger partial charge on any atom is 0.317 e. The molecule has 0 spiro atoms. The fraction of sp³-hybridized carbons (Fsp3) is 0.600. The number of rotatable bonds is 3. The number of nitrogens with zero attached hydrogens (tertiary/aromatic N) is 1. The molecule has 0 bridgehead atoms. The third-order valence-electron chi connectivity index (χ3n) is 0.841. The molecule has 3 nitrogen and oxygen atoms in total. The van der Waals surface area contributed by atoms with Crippen LogP contribution in [0.1, 0.15) is 13.3 Å². The van der Waals surface area contributed by atoms with E-state index < -0.39 is 11.2 Å². The standard InChI is InChI=1S/C5H7NO2S/c1-2-4(5(7)8)9-3-6/h4H,2H2,1H3,(H,7,8). The number of carbonyl (C=O) groups is 1. The quantitative estimate of drug-likeness (QED) is 0.603. The number of hydrogen-bond acceptors (Lipinski definition) is 3. The van der Waals surface area contributed by atoms with Crippen LogP contribution in [-0.2, 0) is 4.79 Å². The maximum atomic E-state index is 10.1. The number of thiocyanates is 1. The zero-order chi connectivity index (χ0) is 7.28. The number of thioether (sulfide) groups is 1. The lowest BCUT2D eigenvalue weighted by Gasteiger charge is -1.99. The van der Waals surface area contributed by atoms with Crippen LogP contribution in [0, 0.1) is 10.7 Å². The summed E-state index contributed by atoms with van der Waals surface area (Å²) in [6.07, 6.45) is 0.494. The van der Waals surface area contributed by atoms with Crippen molar-refractivity contribution in [3.63, 3.8) is 0 Å². The highest BCUT2D eigenvalue weighted by Gasteiger charge is 2.14. The minimum Gasteiger partial charge on any atom is -0.480 e. The van der Waals surface area contributed by atoms with Crippen molar-refractivity contribution in [2.24, 2.45) is 0 Å². The van der Waals surface area contributed by atoms with Crippen LogP contribution < -0.4 is 0 Å². The molecule has 0 aromatic heterocycles. The van der Waals surface area contributed by atoms with Crippen molar-refractivity contribution in [3.8, 4) is 5.40 Å². The Bertz CT molecular complexity index is 140. The Morgan fingerprint density at radius 2 is 2.56 bits per heavy atom. The Kier molecular flexibility index (Phi) is 3.89. The number of nitriles is 1. The summed E-state index contributed by atoms with van der Waals surface area (Å²) < 4.78 is 0. The zero-order valence-electron chi connectivity index (χ0n) is 5.00. The number of carboxylic acids is 1. The van der Waals surface area contributed by atoms with Gasteiger partial charge in [-0.15, -0.1) is 0 Å². The molecule has 50 valence electrons. The van der Waals surface area contributed by atoms with Crippen molar-refractivity contribution in [3.05, 3.63) is 0 Å². The minimum atomic E-state index is -0.913. The summed E-state index contributed by atoms with van der Waals surface area (Å²) in [4.78, 5) is 10.1. The summed E-state index contributed by atoms with van der Waals surface area (Å²) in [5.41, 5.74) is 0. The van der Waals surface area contributed by atoms with Crippen LogP contribution in [0.4, 0.5) is 0 Å². The third kappa shape index (κ3) is 2.98. The van der Waals surface area contributed by atoms with Gasteiger partial charge < -0.3 is 5.11 Å². The predicted octanol–water partition coefficient (Wildman–Crippen LogP) is 1.06. The summed E-state index contributed by atoms with van der Waals surface area (Å²) in [5.74, 6) is -0.913. The first kappa shape index (κ1) is 8.31. The molecule has 0 radical (unpaired) electrons. The second-order valence-corrected chi connectivity index (χ2v) is 2.43. The van der Waals surface area contributed by atoms with E-state index in [4.69, 9.17) is 10.4 Å². The average molecular weight is 145 g/mol. The van der Waals surface area contributed by atoms with Crippen LogP contribution >= 0.6 is 11.8 Å².